The molecule has 4 rings (SSSR count). The smallest absolute Gasteiger partial charge is 0.225 e. The second-order valence-electron chi connectivity index (χ2n) is 8.00. The number of hydrogen-bond acceptors (Lipinski definition) is 4. The van der Waals surface area contributed by atoms with Gasteiger partial charge in [0.05, 0.1) is 0 Å². The van der Waals surface area contributed by atoms with Gasteiger partial charge in [-0.2, -0.15) is 0 Å². The molecule has 2 bridgehead atoms. The molecule has 2 fully saturated rings. The summed E-state index contributed by atoms with van der Waals surface area (Å²) in [5, 5.41) is 3.23. The summed E-state index contributed by atoms with van der Waals surface area (Å²) in [6, 6.07) is 1.99. The molecule has 1 aliphatic heterocycles. The van der Waals surface area contributed by atoms with Crippen LogP contribution in [-0.4, -0.2) is 35.5 Å². The molecule has 0 spiro atoms. The maximum absolute atomic E-state index is 12.5. The predicted octanol–water partition coefficient (Wildman–Crippen LogP) is 2.64. The van der Waals surface area contributed by atoms with Gasteiger partial charge in [0, 0.05) is 36.9 Å². The van der Waals surface area contributed by atoms with Crippen molar-refractivity contribution < 1.29 is 4.79 Å². The number of carbonyl (C=O) groups is 1. The third-order valence-electron chi connectivity index (χ3n) is 6.07. The number of amides is 1. The van der Waals surface area contributed by atoms with Crippen LogP contribution in [0.4, 0.5) is 5.95 Å². The third-order valence-corrected chi connectivity index (χ3v) is 6.07. The van der Waals surface area contributed by atoms with Crippen LogP contribution in [0.15, 0.2) is 18.2 Å². The van der Waals surface area contributed by atoms with E-state index < -0.39 is 0 Å². The highest BCUT2D eigenvalue weighted by Gasteiger charge is 2.36. The molecule has 5 heteroatoms. The van der Waals surface area contributed by atoms with Crippen molar-refractivity contribution >= 4 is 11.9 Å². The lowest BCUT2D eigenvalue weighted by Gasteiger charge is -2.32. The zero-order valence-electron chi connectivity index (χ0n) is 15.2. The van der Waals surface area contributed by atoms with Crippen molar-refractivity contribution in [3.05, 3.63) is 29.6 Å². The molecule has 1 N–H and O–H groups in total. The first-order chi connectivity index (χ1) is 12.1. The number of fused-ring (bicyclic) bond motifs is 2. The number of carbonyl (C=O) groups excluding carboxylic acids is 1. The minimum absolute atomic E-state index is 0.135. The average molecular weight is 340 g/mol. The first kappa shape index (κ1) is 16.6. The third kappa shape index (κ3) is 3.55. The summed E-state index contributed by atoms with van der Waals surface area (Å²) in [7, 11) is 0. The van der Waals surface area contributed by atoms with E-state index >= 15 is 0 Å². The molecule has 25 heavy (non-hydrogen) atoms. The summed E-state index contributed by atoms with van der Waals surface area (Å²) in [5.41, 5.74) is 2.00. The van der Waals surface area contributed by atoms with Crippen molar-refractivity contribution in [3.63, 3.8) is 0 Å². The molecule has 1 aromatic rings. The van der Waals surface area contributed by atoms with Gasteiger partial charge >= 0.3 is 0 Å². The van der Waals surface area contributed by atoms with Gasteiger partial charge < -0.3 is 10.2 Å². The summed E-state index contributed by atoms with van der Waals surface area (Å²) >= 11 is 0. The van der Waals surface area contributed by atoms with Gasteiger partial charge in [0.25, 0.3) is 0 Å². The van der Waals surface area contributed by atoms with E-state index in [1.165, 1.54) is 12.8 Å². The van der Waals surface area contributed by atoms with E-state index in [1.807, 2.05) is 19.9 Å². The standard InChI is InChI=1S/C20H28N4O/c1-13-9-14(2)23-20(22-13)24-7-5-16(6-8-24)19(25)21-12-18-11-15-3-4-17(18)10-15/h3-4,9,15-18H,5-8,10-12H2,1-2H3,(H,21,25)/t15-,17+,18+/m1/s1. The molecule has 5 nitrogen and oxygen atoms in total. The molecule has 134 valence electrons. The van der Waals surface area contributed by atoms with Crippen LogP contribution in [0.5, 0.6) is 0 Å². The second-order valence-corrected chi connectivity index (χ2v) is 8.00. The van der Waals surface area contributed by atoms with Crippen LogP contribution >= 0.6 is 0 Å². The molecule has 2 heterocycles. The predicted molar refractivity (Wildman–Crippen MR) is 98.3 cm³/mol. The fraction of sp³-hybridized carbons (Fsp3) is 0.650. The van der Waals surface area contributed by atoms with Gasteiger partial charge in [0.2, 0.25) is 11.9 Å². The van der Waals surface area contributed by atoms with Gasteiger partial charge in [-0.05, 0) is 63.4 Å². The van der Waals surface area contributed by atoms with Gasteiger partial charge in [-0.15, -0.1) is 0 Å². The highest BCUT2D eigenvalue weighted by atomic mass is 16.1. The van der Waals surface area contributed by atoms with Gasteiger partial charge in [0.15, 0.2) is 0 Å². The molecule has 0 unspecified atom stereocenters. The average Bonchev–Trinajstić information content (AvgIpc) is 3.22. The molecule has 1 amide bonds. The van der Waals surface area contributed by atoms with Crippen LogP contribution in [0.25, 0.3) is 0 Å². The van der Waals surface area contributed by atoms with Gasteiger partial charge in [-0.3, -0.25) is 4.79 Å². The molecule has 0 radical (unpaired) electrons. The Morgan fingerprint density at radius 2 is 1.88 bits per heavy atom. The van der Waals surface area contributed by atoms with Crippen LogP contribution < -0.4 is 10.2 Å². The second kappa shape index (κ2) is 6.77. The number of nitrogens with zero attached hydrogens (tertiary/aromatic N) is 3. The quantitative estimate of drug-likeness (QED) is 0.856. The van der Waals surface area contributed by atoms with Crippen LogP contribution in [0, 0.1) is 37.5 Å². The normalized spacial score (nSPS) is 28.6. The van der Waals surface area contributed by atoms with Gasteiger partial charge in [-0.25, -0.2) is 9.97 Å². The van der Waals surface area contributed by atoms with E-state index in [4.69, 9.17) is 0 Å². The monoisotopic (exact) mass is 340 g/mol. The molecular formula is C20H28N4O. The fourth-order valence-corrected chi connectivity index (χ4v) is 4.70. The molecule has 1 aromatic heterocycles. The molecule has 3 atom stereocenters. The summed E-state index contributed by atoms with van der Waals surface area (Å²) in [5.74, 6) is 3.32. The number of aryl methyl sites for hydroxylation is 2. The highest BCUT2D eigenvalue weighted by Crippen LogP contribution is 2.43. The maximum atomic E-state index is 12.5. The van der Waals surface area contributed by atoms with Crippen molar-refractivity contribution in [2.24, 2.45) is 23.7 Å². The first-order valence-corrected chi connectivity index (χ1v) is 9.62. The lowest BCUT2D eigenvalue weighted by atomic mass is 9.92. The Hall–Kier alpha value is -1.91. The zero-order chi connectivity index (χ0) is 17.4. The molecule has 0 aromatic carbocycles. The number of rotatable bonds is 4. The maximum Gasteiger partial charge on any atom is 0.225 e. The fourth-order valence-electron chi connectivity index (χ4n) is 4.70. The Balaban J connectivity index is 1.26. The number of nitrogens with one attached hydrogen (secondary N) is 1. The molecule has 1 saturated heterocycles. The van der Waals surface area contributed by atoms with Crippen molar-refractivity contribution in [2.45, 2.75) is 39.5 Å². The van der Waals surface area contributed by atoms with E-state index in [1.54, 1.807) is 0 Å². The number of aromatic nitrogens is 2. The number of piperidine rings is 1. The van der Waals surface area contributed by atoms with Crippen LogP contribution in [0.2, 0.25) is 0 Å². The van der Waals surface area contributed by atoms with Crippen molar-refractivity contribution in [2.75, 3.05) is 24.5 Å². The number of anilines is 1. The van der Waals surface area contributed by atoms with E-state index in [0.29, 0.717) is 11.8 Å². The molecular weight excluding hydrogens is 312 g/mol. The van der Waals surface area contributed by atoms with E-state index in [9.17, 15) is 4.79 Å². The summed E-state index contributed by atoms with van der Waals surface area (Å²) in [6.45, 7) is 6.58. The zero-order valence-corrected chi connectivity index (χ0v) is 15.2. The van der Waals surface area contributed by atoms with Crippen molar-refractivity contribution in [1.82, 2.24) is 15.3 Å². The Morgan fingerprint density at radius 3 is 2.48 bits per heavy atom. The molecule has 2 aliphatic carbocycles. The number of allylic oxidation sites excluding steroid dienone is 2. The SMILES string of the molecule is Cc1cc(C)nc(N2CCC(C(=O)NC[C@@H]3C[C@@H]4C=C[C@H]3C4)CC2)n1. The van der Waals surface area contributed by atoms with Crippen LogP contribution in [0.1, 0.15) is 37.1 Å². The van der Waals surface area contributed by atoms with Crippen LogP contribution in [-0.2, 0) is 4.79 Å². The van der Waals surface area contributed by atoms with Gasteiger partial charge in [-0.1, -0.05) is 12.2 Å². The highest BCUT2D eigenvalue weighted by molar-refractivity contribution is 5.79. The first-order valence-electron chi connectivity index (χ1n) is 9.62. The number of hydrogen-bond donors (Lipinski definition) is 1. The molecule has 1 saturated carbocycles. The van der Waals surface area contributed by atoms with Crippen LogP contribution in [0.3, 0.4) is 0 Å². The summed E-state index contributed by atoms with van der Waals surface area (Å²) in [4.78, 5) is 23.8. The Morgan fingerprint density at radius 1 is 1.16 bits per heavy atom. The van der Waals surface area contributed by atoms with E-state index in [-0.39, 0.29) is 11.8 Å². The summed E-state index contributed by atoms with van der Waals surface area (Å²) in [6.07, 6.45) is 9.04. The van der Waals surface area contributed by atoms with Crippen molar-refractivity contribution in [3.8, 4) is 0 Å². The summed E-state index contributed by atoms with van der Waals surface area (Å²) < 4.78 is 0. The van der Waals surface area contributed by atoms with E-state index in [0.717, 1.165) is 55.7 Å². The topological polar surface area (TPSA) is 58.1 Å². The lowest BCUT2D eigenvalue weighted by Crippen LogP contribution is -2.42. The minimum Gasteiger partial charge on any atom is -0.356 e. The van der Waals surface area contributed by atoms with E-state index in [2.05, 4.69) is 32.3 Å². The Kier molecular flexibility index (Phi) is 4.48. The molecule has 3 aliphatic rings. The van der Waals surface area contributed by atoms with Gasteiger partial charge in [0.1, 0.15) is 0 Å². The Bertz CT molecular complexity index is 658. The Labute approximate surface area is 149 Å². The lowest BCUT2D eigenvalue weighted by molar-refractivity contribution is -0.125. The minimum atomic E-state index is 0.135. The van der Waals surface area contributed by atoms with Crippen molar-refractivity contribution in [1.29, 1.82) is 0 Å². The largest absolute Gasteiger partial charge is 0.356 e.